The first-order valence-electron chi connectivity index (χ1n) is 3.61. The molecular formula is C9H6ClNO2S. The molecule has 0 N–H and O–H groups in total. The molecule has 0 spiro atoms. The molecule has 0 aromatic heterocycles. The second-order valence-corrected chi connectivity index (χ2v) is 3.35. The summed E-state index contributed by atoms with van der Waals surface area (Å²) in [6.45, 7) is 0. The van der Waals surface area contributed by atoms with Gasteiger partial charge in [0, 0.05) is 4.90 Å². The number of esters is 1. The third kappa shape index (κ3) is 2.00. The highest BCUT2D eigenvalue weighted by Gasteiger charge is 2.14. The quantitative estimate of drug-likeness (QED) is 0.592. The van der Waals surface area contributed by atoms with Gasteiger partial charge in [-0.1, -0.05) is 11.6 Å². The van der Waals surface area contributed by atoms with E-state index in [1.165, 1.54) is 19.2 Å². The van der Waals surface area contributed by atoms with Crippen molar-refractivity contribution in [3.63, 3.8) is 0 Å². The molecule has 0 bridgehead atoms. The van der Waals surface area contributed by atoms with Crippen LogP contribution in [0.15, 0.2) is 17.0 Å². The van der Waals surface area contributed by atoms with Gasteiger partial charge in [0.15, 0.2) is 0 Å². The third-order valence-electron chi connectivity index (χ3n) is 1.58. The van der Waals surface area contributed by atoms with Crippen LogP contribution < -0.4 is 0 Å². The minimum absolute atomic E-state index is 0.0946. The zero-order valence-electron chi connectivity index (χ0n) is 7.24. The van der Waals surface area contributed by atoms with Crippen molar-refractivity contribution in [2.24, 2.45) is 0 Å². The molecule has 0 fully saturated rings. The van der Waals surface area contributed by atoms with Crippen molar-refractivity contribution in [3.8, 4) is 6.07 Å². The summed E-state index contributed by atoms with van der Waals surface area (Å²) in [5.41, 5.74) is 0.359. The molecule has 72 valence electrons. The summed E-state index contributed by atoms with van der Waals surface area (Å²) < 4.78 is 4.50. The smallest absolute Gasteiger partial charge is 0.339 e. The van der Waals surface area contributed by atoms with E-state index in [-0.39, 0.29) is 16.1 Å². The Kier molecular flexibility index (Phi) is 3.39. The summed E-state index contributed by atoms with van der Waals surface area (Å²) in [6.07, 6.45) is 0. The maximum atomic E-state index is 11.2. The molecule has 0 saturated carbocycles. The number of nitrogens with zero attached hydrogens (tertiary/aromatic N) is 1. The predicted molar refractivity (Wildman–Crippen MR) is 54.8 cm³/mol. The van der Waals surface area contributed by atoms with E-state index < -0.39 is 5.97 Å². The third-order valence-corrected chi connectivity index (χ3v) is 2.25. The second kappa shape index (κ2) is 4.36. The van der Waals surface area contributed by atoms with E-state index in [9.17, 15) is 4.79 Å². The fraction of sp³-hybridized carbons (Fsp3) is 0.111. The highest BCUT2D eigenvalue weighted by molar-refractivity contribution is 7.80. The predicted octanol–water partition coefficient (Wildman–Crippen LogP) is 2.29. The van der Waals surface area contributed by atoms with E-state index >= 15 is 0 Å². The van der Waals surface area contributed by atoms with E-state index in [1.54, 1.807) is 0 Å². The monoisotopic (exact) mass is 227 g/mol. The van der Waals surface area contributed by atoms with Gasteiger partial charge < -0.3 is 4.74 Å². The molecule has 3 nitrogen and oxygen atoms in total. The number of ether oxygens (including phenoxy) is 1. The molecule has 0 aliphatic rings. The van der Waals surface area contributed by atoms with Crippen LogP contribution in [0.2, 0.25) is 5.02 Å². The van der Waals surface area contributed by atoms with Crippen LogP contribution in [-0.4, -0.2) is 13.1 Å². The van der Waals surface area contributed by atoms with Crippen LogP contribution in [0, 0.1) is 11.3 Å². The van der Waals surface area contributed by atoms with Gasteiger partial charge in [0.2, 0.25) is 0 Å². The first-order chi connectivity index (χ1) is 6.60. The van der Waals surface area contributed by atoms with Gasteiger partial charge in [0.25, 0.3) is 0 Å². The zero-order valence-corrected chi connectivity index (χ0v) is 8.89. The summed E-state index contributed by atoms with van der Waals surface area (Å²) >= 11 is 9.84. The van der Waals surface area contributed by atoms with Crippen LogP contribution in [0.1, 0.15) is 15.9 Å². The Bertz CT molecular complexity index is 426. The van der Waals surface area contributed by atoms with E-state index in [4.69, 9.17) is 16.9 Å². The standard InChI is InChI=1S/C9H6ClNO2S/c1-13-9(12)7-3-6(14)2-5(4-11)8(7)10/h2-3,14H,1H3. The van der Waals surface area contributed by atoms with Gasteiger partial charge in [-0.3, -0.25) is 0 Å². The molecule has 0 radical (unpaired) electrons. The van der Waals surface area contributed by atoms with Crippen LogP contribution in [-0.2, 0) is 4.74 Å². The molecule has 0 amide bonds. The lowest BCUT2D eigenvalue weighted by Gasteiger charge is -2.04. The maximum absolute atomic E-state index is 11.2. The number of methoxy groups -OCH3 is 1. The van der Waals surface area contributed by atoms with Gasteiger partial charge in [0.1, 0.15) is 6.07 Å². The van der Waals surface area contributed by atoms with Gasteiger partial charge in [-0.2, -0.15) is 5.26 Å². The lowest BCUT2D eigenvalue weighted by Crippen LogP contribution is -2.03. The van der Waals surface area contributed by atoms with Crippen LogP contribution in [0.5, 0.6) is 0 Å². The molecule has 0 aliphatic heterocycles. The van der Waals surface area contributed by atoms with Gasteiger partial charge in [-0.25, -0.2) is 4.79 Å². The summed E-state index contributed by atoms with van der Waals surface area (Å²) in [6, 6.07) is 4.81. The Balaban J connectivity index is 3.38. The zero-order chi connectivity index (χ0) is 10.7. The van der Waals surface area contributed by atoms with Crippen LogP contribution in [0.4, 0.5) is 0 Å². The highest BCUT2D eigenvalue weighted by atomic mass is 35.5. The van der Waals surface area contributed by atoms with E-state index in [0.717, 1.165) is 0 Å². The van der Waals surface area contributed by atoms with Crippen molar-refractivity contribution in [1.29, 1.82) is 5.26 Å². The van der Waals surface area contributed by atoms with Crippen molar-refractivity contribution >= 4 is 30.2 Å². The molecule has 1 rings (SSSR count). The number of benzene rings is 1. The average molecular weight is 228 g/mol. The Morgan fingerprint density at radius 1 is 1.64 bits per heavy atom. The summed E-state index contributed by atoms with van der Waals surface area (Å²) in [4.78, 5) is 11.7. The first-order valence-corrected chi connectivity index (χ1v) is 4.43. The minimum Gasteiger partial charge on any atom is -0.465 e. The number of hydrogen-bond donors (Lipinski definition) is 1. The van der Waals surface area contributed by atoms with Crippen molar-refractivity contribution in [3.05, 3.63) is 28.3 Å². The Morgan fingerprint density at radius 3 is 2.79 bits per heavy atom. The van der Waals surface area contributed by atoms with E-state index in [2.05, 4.69) is 17.4 Å². The SMILES string of the molecule is COC(=O)c1cc(S)cc(C#N)c1Cl. The summed E-state index contributed by atoms with van der Waals surface area (Å²) in [7, 11) is 1.25. The average Bonchev–Trinajstić information content (AvgIpc) is 2.19. The molecule has 0 unspecified atom stereocenters. The lowest BCUT2D eigenvalue weighted by molar-refractivity contribution is 0.0600. The van der Waals surface area contributed by atoms with Crippen molar-refractivity contribution in [1.82, 2.24) is 0 Å². The molecular weight excluding hydrogens is 222 g/mol. The van der Waals surface area contributed by atoms with E-state index in [1.807, 2.05) is 6.07 Å². The van der Waals surface area contributed by atoms with Crippen LogP contribution in [0.25, 0.3) is 0 Å². The first kappa shape index (κ1) is 10.9. The summed E-state index contributed by atoms with van der Waals surface area (Å²) in [5.74, 6) is -0.581. The van der Waals surface area contributed by atoms with E-state index in [0.29, 0.717) is 4.90 Å². The molecule has 5 heteroatoms. The van der Waals surface area contributed by atoms with Crippen molar-refractivity contribution in [2.75, 3.05) is 7.11 Å². The number of carbonyl (C=O) groups excluding carboxylic acids is 1. The number of rotatable bonds is 1. The van der Waals surface area contributed by atoms with Gasteiger partial charge in [0.05, 0.1) is 23.3 Å². The molecule has 1 aromatic carbocycles. The Labute approximate surface area is 91.7 Å². The number of thiol groups is 1. The van der Waals surface area contributed by atoms with Gasteiger partial charge in [-0.05, 0) is 12.1 Å². The van der Waals surface area contributed by atoms with Crippen LogP contribution in [0.3, 0.4) is 0 Å². The highest BCUT2D eigenvalue weighted by Crippen LogP contribution is 2.25. The van der Waals surface area contributed by atoms with Gasteiger partial charge in [-0.15, -0.1) is 12.6 Å². The topological polar surface area (TPSA) is 50.1 Å². The molecule has 0 aliphatic carbocycles. The number of hydrogen-bond acceptors (Lipinski definition) is 4. The van der Waals surface area contributed by atoms with Crippen LogP contribution >= 0.6 is 24.2 Å². The van der Waals surface area contributed by atoms with Crippen molar-refractivity contribution in [2.45, 2.75) is 4.90 Å². The second-order valence-electron chi connectivity index (χ2n) is 2.46. The number of nitriles is 1. The molecule has 0 saturated heterocycles. The van der Waals surface area contributed by atoms with Gasteiger partial charge >= 0.3 is 5.97 Å². The summed E-state index contributed by atoms with van der Waals surface area (Å²) in [5, 5.41) is 8.80. The maximum Gasteiger partial charge on any atom is 0.339 e. The molecule has 0 heterocycles. The fourth-order valence-corrected chi connectivity index (χ4v) is 1.44. The molecule has 14 heavy (non-hydrogen) atoms. The largest absolute Gasteiger partial charge is 0.465 e. The fourth-order valence-electron chi connectivity index (χ4n) is 0.949. The minimum atomic E-state index is -0.581. The number of carbonyl (C=O) groups is 1. The number of halogens is 1. The Hall–Kier alpha value is -1.18. The molecule has 1 aromatic rings. The molecule has 0 atom stereocenters. The van der Waals surface area contributed by atoms with Crippen molar-refractivity contribution < 1.29 is 9.53 Å². The lowest BCUT2D eigenvalue weighted by atomic mass is 10.1. The normalized spacial score (nSPS) is 9.29. The Morgan fingerprint density at radius 2 is 2.29 bits per heavy atom.